The number of nitrogens with two attached hydrogens (primary N) is 2. The maximum absolute atomic E-state index is 12.0. The van der Waals surface area contributed by atoms with Crippen LogP contribution in [0.25, 0.3) is 11.2 Å². The third-order valence-corrected chi connectivity index (χ3v) is 9.69. The van der Waals surface area contributed by atoms with Gasteiger partial charge >= 0.3 is 29.9 Å². The quantitative estimate of drug-likeness (QED) is 0.0595. The molecule has 0 radical (unpaired) electrons. The fraction of sp³-hybridized carbons (Fsp3) is 0.333. The summed E-state index contributed by atoms with van der Waals surface area (Å²) in [5.41, 5.74) is 13.2. The monoisotopic (exact) mass is 678 g/mol. The molecule has 1 saturated heterocycles. The number of fused-ring (bicyclic) bond motifs is 1. The van der Waals surface area contributed by atoms with E-state index < -0.39 is 61.0 Å². The maximum Gasteiger partial charge on any atom is 0.508 e. The Morgan fingerprint density at radius 2 is 1.91 bits per heavy atom. The zero-order valence-corrected chi connectivity index (χ0v) is 24.9. The van der Waals surface area contributed by atoms with Gasteiger partial charge in [0.2, 0.25) is 0 Å². The van der Waals surface area contributed by atoms with Gasteiger partial charge in [-0.05, 0) is 30.0 Å². The van der Waals surface area contributed by atoms with E-state index in [0.717, 1.165) is 0 Å². The number of phosphoric acid groups is 2. The Labute approximate surface area is 247 Å². The van der Waals surface area contributed by atoms with Crippen LogP contribution in [0.4, 0.5) is 5.82 Å². The van der Waals surface area contributed by atoms with Gasteiger partial charge < -0.3 is 40.7 Å². The van der Waals surface area contributed by atoms with Crippen molar-refractivity contribution in [3.05, 3.63) is 47.5 Å². The lowest BCUT2D eigenvalue weighted by atomic mass is 10.0. The highest BCUT2D eigenvalue weighted by Crippen LogP contribution is 2.63. The van der Waals surface area contributed by atoms with E-state index in [1.165, 1.54) is 10.9 Å². The Morgan fingerprint density at radius 1 is 1.20 bits per heavy atom. The molecule has 238 valence electrons. The molecule has 9 N–H and O–H groups in total. The number of carboxylic acids is 1. The predicted molar refractivity (Wildman–Crippen MR) is 146 cm³/mol. The van der Waals surface area contributed by atoms with Crippen molar-refractivity contribution in [1.29, 1.82) is 0 Å². The molecular weight excluding hydrogens is 653 g/mol. The second-order valence-electron chi connectivity index (χ2n) is 9.02. The first-order chi connectivity index (χ1) is 20.7. The van der Waals surface area contributed by atoms with Gasteiger partial charge in [-0.1, -0.05) is 18.1 Å². The van der Waals surface area contributed by atoms with Crippen LogP contribution in [0, 0.1) is 11.8 Å². The smallest absolute Gasteiger partial charge is 0.480 e. The first-order valence-corrected chi connectivity index (χ1v) is 16.4. The van der Waals surface area contributed by atoms with Gasteiger partial charge in [-0.25, -0.2) is 33.6 Å². The molecule has 2 aromatic heterocycles. The van der Waals surface area contributed by atoms with Crippen LogP contribution in [0.2, 0.25) is 0 Å². The van der Waals surface area contributed by atoms with Crippen molar-refractivity contribution in [2.24, 2.45) is 5.73 Å². The van der Waals surface area contributed by atoms with Gasteiger partial charge in [0.25, 0.3) is 0 Å². The number of aromatic nitrogens is 4. The number of aliphatic hydroxyl groups is 1. The summed E-state index contributed by atoms with van der Waals surface area (Å²) >= 11 is 0. The minimum atomic E-state index is -5.48. The minimum absolute atomic E-state index is 0.0415. The highest BCUT2D eigenvalue weighted by molar-refractivity contribution is 7.64. The summed E-state index contributed by atoms with van der Waals surface area (Å²) in [5, 5.41) is 27.8. The zero-order valence-electron chi connectivity index (χ0n) is 22.1. The molecule has 1 aliphatic heterocycles. The number of nitrogens with zero attached hydrogens (tertiary/aromatic N) is 4. The SMILES string of the molecule is Nc1ncnc2c1nc(C#Cc1ccc(C[C@H](N)C(=O)O)cc1)n2[C@@H]1C[C@H](O)[C@@H](CO[PH](=O)OP(=O)(O)OP(=O)(O)OO)O1. The molecule has 1 aromatic carbocycles. The second kappa shape index (κ2) is 13.9. The predicted octanol–water partition coefficient (Wildman–Crippen LogP) is 0.541. The van der Waals surface area contributed by atoms with E-state index in [1.54, 1.807) is 24.3 Å². The lowest BCUT2D eigenvalue weighted by molar-refractivity contribution is -0.157. The summed E-state index contributed by atoms with van der Waals surface area (Å²) in [4.78, 5) is 41.8. The molecule has 3 aromatic rings. The average Bonchev–Trinajstić information content (AvgIpc) is 3.50. The van der Waals surface area contributed by atoms with Crippen molar-refractivity contribution < 1.29 is 66.3 Å². The van der Waals surface area contributed by atoms with Crippen molar-refractivity contribution in [3.8, 4) is 11.8 Å². The van der Waals surface area contributed by atoms with E-state index in [9.17, 15) is 28.5 Å². The van der Waals surface area contributed by atoms with Crippen LogP contribution in [-0.2, 0) is 47.5 Å². The zero-order chi connectivity index (χ0) is 32.2. The summed E-state index contributed by atoms with van der Waals surface area (Å²) in [6.45, 7) is -0.634. The molecule has 1 aliphatic rings. The van der Waals surface area contributed by atoms with Crippen molar-refractivity contribution in [3.63, 3.8) is 0 Å². The first-order valence-electron chi connectivity index (χ1n) is 12.2. The lowest BCUT2D eigenvalue weighted by Gasteiger charge is -2.17. The largest absolute Gasteiger partial charge is 0.508 e. The molecule has 1 fully saturated rings. The van der Waals surface area contributed by atoms with Gasteiger partial charge in [-0.15, -0.1) is 4.67 Å². The number of hydrogen-bond acceptors (Lipinski definition) is 16. The Hall–Kier alpha value is -3.11. The number of rotatable bonds is 12. The number of aliphatic carboxylic acids is 1. The number of benzene rings is 1. The number of aliphatic hydroxyl groups excluding tert-OH is 1. The van der Waals surface area contributed by atoms with Crippen LogP contribution < -0.4 is 11.5 Å². The van der Waals surface area contributed by atoms with E-state index in [2.05, 4.69) is 40.1 Å². The van der Waals surface area contributed by atoms with Crippen LogP contribution in [0.3, 0.4) is 0 Å². The number of nitrogen functional groups attached to an aromatic ring is 1. The molecule has 44 heavy (non-hydrogen) atoms. The molecule has 23 heteroatoms. The van der Waals surface area contributed by atoms with Crippen LogP contribution in [0.1, 0.15) is 29.6 Å². The van der Waals surface area contributed by atoms with Crippen LogP contribution in [0.5, 0.6) is 0 Å². The average molecular weight is 678 g/mol. The van der Waals surface area contributed by atoms with Crippen molar-refractivity contribution in [2.75, 3.05) is 12.3 Å². The maximum atomic E-state index is 12.0. The summed E-state index contributed by atoms with van der Waals surface area (Å²) in [6.07, 6.45) is -2.11. The summed E-state index contributed by atoms with van der Waals surface area (Å²) in [5.74, 6) is 4.85. The molecule has 20 nitrogen and oxygen atoms in total. The highest BCUT2D eigenvalue weighted by atomic mass is 31.3. The number of carboxylic acid groups (broad SMARTS) is 1. The molecule has 3 unspecified atom stereocenters. The topological polar surface area (TPSA) is 311 Å². The van der Waals surface area contributed by atoms with Gasteiger partial charge in [-0.3, -0.25) is 13.9 Å². The lowest BCUT2D eigenvalue weighted by Crippen LogP contribution is -2.32. The van der Waals surface area contributed by atoms with Gasteiger partial charge in [0.15, 0.2) is 22.8 Å². The van der Waals surface area contributed by atoms with E-state index in [4.69, 9.17) is 36.0 Å². The summed E-state index contributed by atoms with van der Waals surface area (Å²) in [6, 6.07) is 5.64. The highest BCUT2D eigenvalue weighted by Gasteiger charge is 2.40. The van der Waals surface area contributed by atoms with Crippen LogP contribution in [0.15, 0.2) is 30.6 Å². The Morgan fingerprint density at radius 3 is 2.57 bits per heavy atom. The third kappa shape index (κ3) is 8.53. The fourth-order valence-corrected chi connectivity index (χ4v) is 6.80. The van der Waals surface area contributed by atoms with Crippen LogP contribution in [-0.4, -0.2) is 75.6 Å². The third-order valence-electron chi connectivity index (χ3n) is 5.91. The minimum Gasteiger partial charge on any atom is -0.480 e. The Balaban J connectivity index is 1.50. The number of anilines is 1. The molecule has 0 aliphatic carbocycles. The van der Waals surface area contributed by atoms with E-state index in [-0.39, 0.29) is 35.6 Å². The van der Waals surface area contributed by atoms with Crippen molar-refractivity contribution in [2.45, 2.75) is 37.3 Å². The second-order valence-corrected chi connectivity index (χ2v) is 13.2. The molecular formula is C21H25N6O14P3. The molecule has 0 saturated carbocycles. The van der Waals surface area contributed by atoms with Crippen molar-refractivity contribution in [1.82, 2.24) is 19.5 Å². The molecule has 3 heterocycles. The van der Waals surface area contributed by atoms with Gasteiger partial charge in [0.05, 0.1) is 12.7 Å². The molecule has 0 spiro atoms. The Bertz CT molecular complexity index is 1710. The summed E-state index contributed by atoms with van der Waals surface area (Å²) in [7, 11) is -14.7. The fourth-order valence-electron chi connectivity index (χ4n) is 3.94. The van der Waals surface area contributed by atoms with Crippen LogP contribution >= 0.6 is 23.9 Å². The van der Waals surface area contributed by atoms with E-state index in [0.29, 0.717) is 11.1 Å². The number of imidazole rings is 1. The van der Waals surface area contributed by atoms with Gasteiger partial charge in [-0.2, -0.15) is 4.31 Å². The van der Waals surface area contributed by atoms with E-state index in [1.807, 2.05) is 0 Å². The molecule has 7 atom stereocenters. The number of hydrogen-bond donors (Lipinski definition) is 7. The van der Waals surface area contributed by atoms with Gasteiger partial charge in [0.1, 0.15) is 24.7 Å². The summed E-state index contributed by atoms with van der Waals surface area (Å²) < 4.78 is 57.7. The molecule has 0 amide bonds. The first kappa shape index (κ1) is 33.8. The Kier molecular flexibility index (Phi) is 10.7. The van der Waals surface area contributed by atoms with Crippen molar-refractivity contribution >= 4 is 46.9 Å². The number of ether oxygens (including phenoxy) is 1. The number of carbonyl (C=O) groups is 1. The molecule has 4 rings (SSSR count). The molecule has 0 bridgehead atoms. The normalized spacial score (nSPS) is 22.4. The van der Waals surface area contributed by atoms with E-state index >= 15 is 0 Å². The van der Waals surface area contributed by atoms with Gasteiger partial charge in [0, 0.05) is 12.0 Å². The standard InChI is InChI=1S/C21H25N6O14P3/c22-13(21(29)30)7-12-3-1-11(2-4-12)5-6-16-26-18-19(23)24-10-25-20(18)27(16)17-8-14(28)15(38-17)9-37-42(32)40-44(35,36)41-43(33,34)39-31/h1-4,10,13-15,17,28,31,42H,7-9,22H2,(H,29,30)(H,33,34)(H,35,36)(H2,23,24,25)/t13-,14-,15+,17-/m0/s1.